The van der Waals surface area contributed by atoms with Gasteiger partial charge in [0.05, 0.1) is 25.9 Å². The van der Waals surface area contributed by atoms with Gasteiger partial charge in [0.25, 0.3) is 5.91 Å². The summed E-state index contributed by atoms with van der Waals surface area (Å²) in [7, 11) is 0. The molecule has 0 aromatic carbocycles. The smallest absolute Gasteiger partial charge is 0.289 e. The Morgan fingerprint density at radius 1 is 1.24 bits per heavy atom. The maximum absolute atomic E-state index is 12.7. The number of hydrogen-bond donors (Lipinski definition) is 0. The van der Waals surface area contributed by atoms with Crippen LogP contribution in [0.5, 0.6) is 0 Å². The van der Waals surface area contributed by atoms with Gasteiger partial charge in [-0.05, 0) is 31.9 Å². The monoisotopic (exact) mass is 342 g/mol. The molecule has 1 amide bonds. The average molecular weight is 342 g/mol. The first-order valence-corrected chi connectivity index (χ1v) is 8.66. The minimum Gasteiger partial charge on any atom is -0.456 e. The summed E-state index contributed by atoms with van der Waals surface area (Å²) in [4.78, 5) is 25.3. The van der Waals surface area contributed by atoms with Crippen LogP contribution in [0.3, 0.4) is 0 Å². The second-order valence-electron chi connectivity index (χ2n) is 6.76. The topological polar surface area (TPSA) is 71.7 Å². The third kappa shape index (κ3) is 3.24. The Hall–Kier alpha value is -2.41. The summed E-state index contributed by atoms with van der Waals surface area (Å²) in [6.07, 6.45) is 7.08. The molecule has 0 N–H and O–H groups in total. The van der Waals surface area contributed by atoms with Gasteiger partial charge in [-0.15, -0.1) is 0 Å². The number of nitrogens with zero attached hydrogens (tertiary/aromatic N) is 4. The predicted molar refractivity (Wildman–Crippen MR) is 91.5 cm³/mol. The summed E-state index contributed by atoms with van der Waals surface area (Å²) in [6, 6.07) is 3.56. The summed E-state index contributed by atoms with van der Waals surface area (Å²) in [5.41, 5.74) is -0.356. The number of hydrogen-bond acceptors (Lipinski definition) is 6. The maximum atomic E-state index is 12.7. The lowest BCUT2D eigenvalue weighted by molar-refractivity contribution is -0.105. The molecule has 4 heterocycles. The Labute approximate surface area is 146 Å². The zero-order valence-corrected chi connectivity index (χ0v) is 14.4. The van der Waals surface area contributed by atoms with Crippen molar-refractivity contribution in [1.29, 1.82) is 0 Å². The van der Waals surface area contributed by atoms with Gasteiger partial charge in [-0.1, -0.05) is 0 Å². The van der Waals surface area contributed by atoms with Crippen LogP contribution in [0.2, 0.25) is 0 Å². The van der Waals surface area contributed by atoms with Gasteiger partial charge in [-0.2, -0.15) is 0 Å². The first-order chi connectivity index (χ1) is 12.2. The first-order valence-electron chi connectivity index (χ1n) is 8.66. The van der Waals surface area contributed by atoms with Gasteiger partial charge in [0.2, 0.25) is 0 Å². The molecule has 2 aliphatic rings. The summed E-state index contributed by atoms with van der Waals surface area (Å²) in [5, 5.41) is 0. The van der Waals surface area contributed by atoms with Crippen LogP contribution in [0.25, 0.3) is 0 Å². The van der Waals surface area contributed by atoms with E-state index in [0.717, 1.165) is 31.0 Å². The molecule has 1 spiro atoms. The predicted octanol–water partition coefficient (Wildman–Crippen LogP) is 1.89. The van der Waals surface area contributed by atoms with Gasteiger partial charge in [0, 0.05) is 25.5 Å². The molecular weight excluding hydrogens is 320 g/mol. The van der Waals surface area contributed by atoms with Crippen molar-refractivity contribution in [3.8, 4) is 0 Å². The molecule has 0 saturated carbocycles. The highest BCUT2D eigenvalue weighted by Crippen LogP contribution is 2.31. The molecule has 4 rings (SSSR count). The van der Waals surface area contributed by atoms with E-state index in [4.69, 9.17) is 9.15 Å². The first kappa shape index (κ1) is 16.1. The van der Waals surface area contributed by atoms with Crippen LogP contribution in [-0.2, 0) is 4.74 Å². The third-order valence-corrected chi connectivity index (χ3v) is 4.90. The molecule has 2 aromatic heterocycles. The fourth-order valence-corrected chi connectivity index (χ4v) is 3.72. The fourth-order valence-electron chi connectivity index (χ4n) is 3.72. The van der Waals surface area contributed by atoms with E-state index in [1.165, 1.54) is 0 Å². The van der Waals surface area contributed by atoms with Gasteiger partial charge < -0.3 is 19.0 Å². The lowest BCUT2D eigenvalue weighted by Crippen LogP contribution is -2.61. The lowest BCUT2D eigenvalue weighted by atomic mass is 9.90. The molecule has 2 aromatic rings. The number of amides is 1. The largest absolute Gasteiger partial charge is 0.456 e. The molecule has 7 heteroatoms. The molecule has 0 unspecified atom stereocenters. The van der Waals surface area contributed by atoms with Gasteiger partial charge in [0.1, 0.15) is 17.2 Å². The van der Waals surface area contributed by atoms with Crippen LogP contribution in [-0.4, -0.2) is 59.2 Å². The van der Waals surface area contributed by atoms with Crippen molar-refractivity contribution in [3.05, 3.63) is 42.2 Å². The number of ether oxygens (including phenoxy) is 1. The van der Waals surface area contributed by atoms with E-state index in [0.29, 0.717) is 32.0 Å². The molecule has 2 saturated heterocycles. The number of anilines is 1. The maximum Gasteiger partial charge on any atom is 0.289 e. The van der Waals surface area contributed by atoms with Crippen LogP contribution in [0.4, 0.5) is 5.82 Å². The van der Waals surface area contributed by atoms with Crippen LogP contribution in [0.1, 0.15) is 29.2 Å². The van der Waals surface area contributed by atoms with E-state index in [1.807, 2.05) is 17.9 Å². The molecule has 7 nitrogen and oxygen atoms in total. The van der Waals surface area contributed by atoms with Gasteiger partial charge >= 0.3 is 0 Å². The zero-order chi connectivity index (χ0) is 17.3. The van der Waals surface area contributed by atoms with E-state index in [2.05, 4.69) is 14.9 Å². The average Bonchev–Trinajstić information content (AvgIpc) is 3.08. The highest BCUT2D eigenvalue weighted by Gasteiger charge is 2.42. The van der Waals surface area contributed by atoms with Crippen molar-refractivity contribution in [2.75, 3.05) is 37.7 Å². The molecular formula is C18H22N4O3. The minimum absolute atomic E-state index is 0.0626. The highest BCUT2D eigenvalue weighted by atomic mass is 16.5. The van der Waals surface area contributed by atoms with Crippen LogP contribution in [0.15, 0.2) is 35.1 Å². The molecule has 132 valence electrons. The normalized spacial score (nSPS) is 23.9. The Morgan fingerprint density at radius 3 is 2.92 bits per heavy atom. The van der Waals surface area contributed by atoms with E-state index >= 15 is 0 Å². The SMILES string of the molecule is Cc1ccc(C(=O)N2CCO[C@]3(CCCN(c4cnccn4)C3)C2)o1. The van der Waals surface area contributed by atoms with E-state index in [1.54, 1.807) is 24.7 Å². The van der Waals surface area contributed by atoms with E-state index in [9.17, 15) is 4.79 Å². The molecule has 0 bridgehead atoms. The van der Waals surface area contributed by atoms with E-state index < -0.39 is 0 Å². The van der Waals surface area contributed by atoms with Crippen molar-refractivity contribution in [2.45, 2.75) is 25.4 Å². The van der Waals surface area contributed by atoms with E-state index in [-0.39, 0.29) is 11.5 Å². The Morgan fingerprint density at radius 2 is 2.16 bits per heavy atom. The molecule has 1 atom stereocenters. The van der Waals surface area contributed by atoms with Crippen molar-refractivity contribution in [1.82, 2.24) is 14.9 Å². The highest BCUT2D eigenvalue weighted by molar-refractivity contribution is 5.91. The van der Waals surface area contributed by atoms with Crippen molar-refractivity contribution in [2.24, 2.45) is 0 Å². The molecule has 2 aliphatic heterocycles. The number of morpholine rings is 1. The summed E-state index contributed by atoms with van der Waals surface area (Å²) in [5.74, 6) is 1.94. The summed E-state index contributed by atoms with van der Waals surface area (Å²) in [6.45, 7) is 5.19. The number of piperidine rings is 1. The molecule has 25 heavy (non-hydrogen) atoms. The van der Waals surface area contributed by atoms with Crippen molar-refractivity contribution in [3.63, 3.8) is 0 Å². The molecule has 2 fully saturated rings. The van der Waals surface area contributed by atoms with Gasteiger partial charge in [0.15, 0.2) is 5.76 Å². The summed E-state index contributed by atoms with van der Waals surface area (Å²) < 4.78 is 11.7. The number of rotatable bonds is 2. The Bertz CT molecular complexity index is 744. The Kier molecular flexibility index (Phi) is 4.17. The molecule has 0 aliphatic carbocycles. The zero-order valence-electron chi connectivity index (χ0n) is 14.4. The van der Waals surface area contributed by atoms with Gasteiger partial charge in [-0.25, -0.2) is 4.98 Å². The molecule has 0 radical (unpaired) electrons. The van der Waals surface area contributed by atoms with Crippen LogP contribution >= 0.6 is 0 Å². The van der Waals surface area contributed by atoms with Crippen LogP contribution in [0, 0.1) is 6.92 Å². The summed E-state index contributed by atoms with van der Waals surface area (Å²) >= 11 is 0. The Balaban J connectivity index is 1.50. The van der Waals surface area contributed by atoms with Crippen LogP contribution < -0.4 is 4.90 Å². The second-order valence-corrected chi connectivity index (χ2v) is 6.76. The number of aryl methyl sites for hydroxylation is 1. The second kappa shape index (κ2) is 6.48. The van der Waals surface area contributed by atoms with Crippen molar-refractivity contribution >= 4 is 11.7 Å². The number of carbonyl (C=O) groups excluding carboxylic acids is 1. The lowest BCUT2D eigenvalue weighted by Gasteiger charge is -2.48. The number of aromatic nitrogens is 2. The number of carbonyl (C=O) groups is 1. The quantitative estimate of drug-likeness (QED) is 0.830. The van der Waals surface area contributed by atoms with Crippen molar-refractivity contribution < 1.29 is 13.9 Å². The standard InChI is InChI=1S/C18H22N4O3/c1-14-3-4-15(25-14)17(23)22-9-10-24-18(13-22)5-2-8-21(12-18)16-11-19-6-7-20-16/h3-4,6-7,11H,2,5,8-10,12-13H2,1H3/t18-/m0/s1. The fraction of sp³-hybridized carbons (Fsp3) is 0.500. The minimum atomic E-state index is -0.356. The van der Waals surface area contributed by atoms with Gasteiger partial charge in [-0.3, -0.25) is 9.78 Å². The third-order valence-electron chi connectivity index (χ3n) is 4.90. The number of furan rings is 1.